The Labute approximate surface area is 128 Å². The number of halogens is 3. The molecule has 7 heteroatoms. The molecule has 1 aliphatic heterocycles. The maximum atomic E-state index is 12.2. The molecular weight excluding hydrogens is 295 g/mol. The molecule has 0 unspecified atom stereocenters. The predicted octanol–water partition coefficient (Wildman–Crippen LogP) is 1.45. The van der Waals surface area contributed by atoms with Gasteiger partial charge in [0.2, 0.25) is 0 Å². The summed E-state index contributed by atoms with van der Waals surface area (Å²) >= 11 is 0. The molecule has 4 nitrogen and oxygen atoms in total. The number of hydrogen-bond donors (Lipinski definition) is 2. The van der Waals surface area contributed by atoms with E-state index in [0.717, 1.165) is 37.4 Å². The molecule has 1 aromatic carbocycles. The standard InChI is InChI=1S/C15H22F3N3O/c1-20-6-8-21(9-7-20)13-4-2-12(3-5-13)10-19-11-14(22)15(16,17)18/h2-5,14,19,22H,6-11H2,1H3/t14-/m0/s1. The van der Waals surface area contributed by atoms with E-state index < -0.39 is 18.8 Å². The van der Waals surface area contributed by atoms with Crippen molar-refractivity contribution >= 4 is 5.69 Å². The maximum absolute atomic E-state index is 12.2. The molecule has 0 amide bonds. The van der Waals surface area contributed by atoms with Crippen molar-refractivity contribution < 1.29 is 18.3 Å². The SMILES string of the molecule is CN1CCN(c2ccc(CNC[C@H](O)C(F)(F)F)cc2)CC1. The van der Waals surface area contributed by atoms with E-state index >= 15 is 0 Å². The van der Waals surface area contributed by atoms with Crippen molar-refractivity contribution in [2.24, 2.45) is 0 Å². The monoisotopic (exact) mass is 317 g/mol. The first-order valence-electron chi connectivity index (χ1n) is 7.34. The molecule has 0 radical (unpaired) electrons. The van der Waals surface area contributed by atoms with E-state index in [2.05, 4.69) is 22.2 Å². The zero-order valence-electron chi connectivity index (χ0n) is 12.6. The molecule has 0 saturated carbocycles. The summed E-state index contributed by atoms with van der Waals surface area (Å²) < 4.78 is 36.5. The third kappa shape index (κ3) is 4.86. The molecule has 1 heterocycles. The van der Waals surface area contributed by atoms with Crippen molar-refractivity contribution in [3.8, 4) is 0 Å². The number of rotatable bonds is 5. The van der Waals surface area contributed by atoms with Gasteiger partial charge in [0.15, 0.2) is 6.10 Å². The first-order chi connectivity index (χ1) is 10.4. The Morgan fingerprint density at radius 2 is 1.73 bits per heavy atom. The Balaban J connectivity index is 1.80. The minimum absolute atomic E-state index is 0.302. The maximum Gasteiger partial charge on any atom is 0.415 e. The van der Waals surface area contributed by atoms with E-state index in [1.165, 1.54) is 0 Å². The highest BCUT2D eigenvalue weighted by Crippen LogP contribution is 2.20. The van der Waals surface area contributed by atoms with Crippen LogP contribution in [0.5, 0.6) is 0 Å². The van der Waals surface area contributed by atoms with Crippen LogP contribution in [0.3, 0.4) is 0 Å². The van der Waals surface area contributed by atoms with Crippen molar-refractivity contribution in [1.29, 1.82) is 0 Å². The second-order valence-corrected chi connectivity index (χ2v) is 5.65. The van der Waals surface area contributed by atoms with Crippen LogP contribution in [0, 0.1) is 0 Å². The van der Waals surface area contributed by atoms with Gasteiger partial charge >= 0.3 is 6.18 Å². The Bertz CT molecular complexity index is 456. The normalized spacial score (nSPS) is 18.5. The summed E-state index contributed by atoms with van der Waals surface area (Å²) in [5.41, 5.74) is 2.03. The number of aliphatic hydroxyl groups is 1. The van der Waals surface area contributed by atoms with Crippen LogP contribution in [0.25, 0.3) is 0 Å². The lowest BCUT2D eigenvalue weighted by atomic mass is 10.1. The lowest BCUT2D eigenvalue weighted by molar-refractivity contribution is -0.201. The lowest BCUT2D eigenvalue weighted by Gasteiger charge is -2.34. The fourth-order valence-electron chi connectivity index (χ4n) is 2.36. The quantitative estimate of drug-likeness (QED) is 0.862. The molecule has 1 aliphatic rings. The number of nitrogens with zero attached hydrogens (tertiary/aromatic N) is 2. The zero-order chi connectivity index (χ0) is 16.2. The molecule has 0 aromatic heterocycles. The van der Waals surface area contributed by atoms with E-state index in [-0.39, 0.29) is 0 Å². The molecule has 1 aromatic rings. The molecular formula is C15H22F3N3O. The summed E-state index contributed by atoms with van der Waals surface area (Å²) in [7, 11) is 2.10. The first kappa shape index (κ1) is 17.1. The summed E-state index contributed by atoms with van der Waals surface area (Å²) in [5.74, 6) is 0. The number of benzene rings is 1. The van der Waals surface area contributed by atoms with Gasteiger partial charge in [-0.3, -0.25) is 0 Å². The zero-order valence-corrected chi connectivity index (χ0v) is 12.6. The molecule has 1 saturated heterocycles. The van der Waals surface area contributed by atoms with Crippen LogP contribution < -0.4 is 10.2 Å². The predicted molar refractivity (Wildman–Crippen MR) is 79.9 cm³/mol. The molecule has 0 bridgehead atoms. The third-order valence-electron chi connectivity index (χ3n) is 3.85. The number of aliphatic hydroxyl groups excluding tert-OH is 1. The fourth-order valence-corrected chi connectivity index (χ4v) is 2.36. The molecule has 0 aliphatic carbocycles. The number of nitrogens with one attached hydrogen (secondary N) is 1. The molecule has 124 valence electrons. The van der Waals surface area contributed by atoms with Gasteiger partial charge in [-0.15, -0.1) is 0 Å². The van der Waals surface area contributed by atoms with Crippen LogP contribution in [0.2, 0.25) is 0 Å². The molecule has 2 rings (SSSR count). The summed E-state index contributed by atoms with van der Waals surface area (Å²) in [6.07, 6.45) is -6.89. The molecule has 22 heavy (non-hydrogen) atoms. The van der Waals surface area contributed by atoms with Crippen LogP contribution >= 0.6 is 0 Å². The smallest absolute Gasteiger partial charge is 0.382 e. The number of piperazine rings is 1. The Hall–Kier alpha value is -1.31. The third-order valence-corrected chi connectivity index (χ3v) is 3.85. The average molecular weight is 317 g/mol. The highest BCUT2D eigenvalue weighted by atomic mass is 19.4. The van der Waals surface area contributed by atoms with Crippen molar-refractivity contribution in [3.05, 3.63) is 29.8 Å². The summed E-state index contributed by atoms with van der Waals surface area (Å²) in [4.78, 5) is 4.57. The van der Waals surface area contributed by atoms with E-state index in [4.69, 9.17) is 5.11 Å². The highest BCUT2D eigenvalue weighted by Gasteiger charge is 2.37. The van der Waals surface area contributed by atoms with E-state index in [1.54, 1.807) is 0 Å². The summed E-state index contributed by atoms with van der Waals surface area (Å²) in [6, 6.07) is 7.78. The minimum atomic E-state index is -4.57. The molecule has 1 atom stereocenters. The Morgan fingerprint density at radius 1 is 1.14 bits per heavy atom. The van der Waals surface area contributed by atoms with Gasteiger partial charge in [-0.05, 0) is 24.7 Å². The lowest BCUT2D eigenvalue weighted by Crippen LogP contribution is -2.44. The number of alkyl halides is 3. The van der Waals surface area contributed by atoms with Crippen molar-refractivity contribution in [2.75, 3.05) is 44.7 Å². The molecule has 0 spiro atoms. The van der Waals surface area contributed by atoms with Gasteiger partial charge in [-0.2, -0.15) is 13.2 Å². The van der Waals surface area contributed by atoms with Crippen LogP contribution in [-0.4, -0.2) is 62.1 Å². The molecule has 2 N–H and O–H groups in total. The van der Waals surface area contributed by atoms with Gasteiger partial charge in [0, 0.05) is 45.0 Å². The summed E-state index contributed by atoms with van der Waals surface area (Å²) in [6.45, 7) is 3.81. The first-order valence-corrected chi connectivity index (χ1v) is 7.34. The topological polar surface area (TPSA) is 38.7 Å². The van der Waals surface area contributed by atoms with Gasteiger partial charge in [0.1, 0.15) is 0 Å². The molecule has 1 fully saturated rings. The van der Waals surface area contributed by atoms with Gasteiger partial charge in [0.25, 0.3) is 0 Å². The second-order valence-electron chi connectivity index (χ2n) is 5.65. The van der Waals surface area contributed by atoms with Crippen molar-refractivity contribution in [3.63, 3.8) is 0 Å². The van der Waals surface area contributed by atoms with E-state index in [0.29, 0.717) is 6.54 Å². The largest absolute Gasteiger partial charge is 0.415 e. The van der Waals surface area contributed by atoms with Crippen LogP contribution in [-0.2, 0) is 6.54 Å². The highest BCUT2D eigenvalue weighted by molar-refractivity contribution is 5.48. The van der Waals surface area contributed by atoms with E-state index in [1.807, 2.05) is 24.3 Å². The number of anilines is 1. The van der Waals surface area contributed by atoms with Crippen LogP contribution in [0.4, 0.5) is 18.9 Å². The summed E-state index contributed by atoms with van der Waals surface area (Å²) in [5, 5.41) is 11.5. The average Bonchev–Trinajstić information content (AvgIpc) is 2.48. The number of hydrogen-bond acceptors (Lipinski definition) is 4. The Kier molecular flexibility index (Phi) is 5.66. The van der Waals surface area contributed by atoms with Gasteiger partial charge < -0.3 is 20.2 Å². The van der Waals surface area contributed by atoms with E-state index in [9.17, 15) is 13.2 Å². The van der Waals surface area contributed by atoms with Gasteiger partial charge in [-0.25, -0.2) is 0 Å². The van der Waals surface area contributed by atoms with Gasteiger partial charge in [0.05, 0.1) is 0 Å². The van der Waals surface area contributed by atoms with Crippen LogP contribution in [0.1, 0.15) is 5.56 Å². The minimum Gasteiger partial charge on any atom is -0.382 e. The number of likely N-dealkylation sites (N-methyl/N-ethyl adjacent to an activating group) is 1. The Morgan fingerprint density at radius 3 is 2.27 bits per heavy atom. The van der Waals surface area contributed by atoms with Gasteiger partial charge in [-0.1, -0.05) is 12.1 Å². The fraction of sp³-hybridized carbons (Fsp3) is 0.600. The van der Waals surface area contributed by atoms with Crippen molar-refractivity contribution in [1.82, 2.24) is 10.2 Å². The second kappa shape index (κ2) is 7.30. The van der Waals surface area contributed by atoms with Crippen molar-refractivity contribution in [2.45, 2.75) is 18.8 Å². The van der Waals surface area contributed by atoms with Crippen LogP contribution in [0.15, 0.2) is 24.3 Å².